The molecule has 1 aromatic heterocycles. The van der Waals surface area contributed by atoms with Crippen molar-refractivity contribution in [2.45, 2.75) is 13.1 Å². The van der Waals surface area contributed by atoms with Crippen molar-refractivity contribution in [1.82, 2.24) is 0 Å². The van der Waals surface area contributed by atoms with Crippen molar-refractivity contribution in [2.24, 2.45) is 0 Å². The van der Waals surface area contributed by atoms with Gasteiger partial charge in [0.05, 0.1) is 11.3 Å². The molecule has 30 heavy (non-hydrogen) atoms. The Balaban J connectivity index is 1.86. The maximum Gasteiger partial charge on any atom is 0.418 e. The van der Waals surface area contributed by atoms with Crippen molar-refractivity contribution < 1.29 is 31.6 Å². The molecule has 0 spiro atoms. The maximum absolute atomic E-state index is 13.5. The number of hydrogen-bond acceptors (Lipinski definition) is 3. The lowest BCUT2D eigenvalue weighted by molar-refractivity contribution is -0.136. The third-order valence-corrected chi connectivity index (χ3v) is 4.42. The smallest absolute Gasteiger partial charge is 0.418 e. The average Bonchev–Trinajstić information content (AvgIpc) is 3.01. The Morgan fingerprint density at radius 3 is 2.20 bits per heavy atom. The summed E-state index contributed by atoms with van der Waals surface area (Å²) in [6, 6.07) is 8.95. The van der Waals surface area contributed by atoms with Crippen LogP contribution >= 0.6 is 15.9 Å². The number of rotatable bonds is 4. The Kier molecular flexibility index (Phi) is 5.97. The first-order chi connectivity index (χ1) is 14.0. The van der Waals surface area contributed by atoms with E-state index < -0.39 is 35.1 Å². The summed E-state index contributed by atoms with van der Waals surface area (Å²) in [6.07, 6.45) is -4.81. The zero-order valence-electron chi connectivity index (χ0n) is 15.2. The number of halogens is 5. The number of alkyl halides is 3. The summed E-state index contributed by atoms with van der Waals surface area (Å²) in [7, 11) is 0. The van der Waals surface area contributed by atoms with Crippen LogP contribution in [-0.2, 0) is 6.18 Å². The van der Waals surface area contributed by atoms with Gasteiger partial charge >= 0.3 is 6.18 Å². The van der Waals surface area contributed by atoms with Gasteiger partial charge in [0.1, 0.15) is 5.82 Å². The van der Waals surface area contributed by atoms with Gasteiger partial charge in [-0.2, -0.15) is 13.2 Å². The Morgan fingerprint density at radius 2 is 1.63 bits per heavy atom. The summed E-state index contributed by atoms with van der Waals surface area (Å²) in [6.45, 7) is 1.57. The molecule has 0 bridgehead atoms. The first kappa shape index (κ1) is 21.6. The minimum atomic E-state index is -4.81. The standard InChI is InChI=1S/C20H13BrF4N2O3/c1-10-8-16(21)30-17(10)19(29)27-15-7-6-13(9-14(15)20(23,24)25)26-18(28)11-2-4-12(22)5-3-11/h2-9H,1H3,(H,26,28)(H,27,29). The molecule has 2 aromatic carbocycles. The summed E-state index contributed by atoms with van der Waals surface area (Å²) in [5, 5.41) is 4.49. The predicted molar refractivity (Wildman–Crippen MR) is 105 cm³/mol. The van der Waals surface area contributed by atoms with E-state index in [1.54, 1.807) is 6.92 Å². The zero-order chi connectivity index (χ0) is 22.1. The van der Waals surface area contributed by atoms with Crippen LogP contribution in [0, 0.1) is 12.7 Å². The van der Waals surface area contributed by atoms with E-state index in [9.17, 15) is 27.2 Å². The first-order valence-corrected chi connectivity index (χ1v) is 9.19. The quantitative estimate of drug-likeness (QED) is 0.445. The van der Waals surface area contributed by atoms with Crippen molar-refractivity contribution >= 4 is 39.1 Å². The molecule has 0 aliphatic heterocycles. The molecule has 3 rings (SSSR count). The van der Waals surface area contributed by atoms with Gasteiger partial charge in [-0.1, -0.05) is 0 Å². The van der Waals surface area contributed by atoms with Gasteiger partial charge in [-0.15, -0.1) is 0 Å². The van der Waals surface area contributed by atoms with Crippen molar-refractivity contribution in [3.8, 4) is 0 Å². The van der Waals surface area contributed by atoms with Gasteiger partial charge in [0.15, 0.2) is 10.4 Å². The molecule has 10 heteroatoms. The Bertz CT molecular complexity index is 1110. The number of carbonyl (C=O) groups excluding carboxylic acids is 2. The van der Waals surface area contributed by atoms with Crippen molar-refractivity contribution in [2.75, 3.05) is 10.6 Å². The van der Waals surface area contributed by atoms with Gasteiger partial charge < -0.3 is 15.1 Å². The van der Waals surface area contributed by atoms with Crippen LogP contribution in [0.25, 0.3) is 0 Å². The Labute approximate surface area is 176 Å². The molecule has 0 fully saturated rings. The highest BCUT2D eigenvalue weighted by Crippen LogP contribution is 2.37. The van der Waals surface area contributed by atoms with Gasteiger partial charge in [0, 0.05) is 16.8 Å². The van der Waals surface area contributed by atoms with E-state index in [-0.39, 0.29) is 21.7 Å². The van der Waals surface area contributed by atoms with E-state index in [1.807, 2.05) is 0 Å². The molecule has 0 radical (unpaired) electrons. The second kappa shape index (κ2) is 8.31. The molecule has 3 aromatic rings. The highest BCUT2D eigenvalue weighted by molar-refractivity contribution is 9.10. The number of anilines is 2. The number of carbonyl (C=O) groups is 2. The molecule has 1 heterocycles. The largest absolute Gasteiger partial charge is 0.444 e. The molecule has 0 saturated carbocycles. The SMILES string of the molecule is Cc1cc(Br)oc1C(=O)Nc1ccc(NC(=O)c2ccc(F)cc2)cc1C(F)(F)F. The van der Waals surface area contributed by atoms with E-state index in [2.05, 4.69) is 26.6 Å². The van der Waals surface area contributed by atoms with Crippen LogP contribution < -0.4 is 10.6 Å². The predicted octanol–water partition coefficient (Wildman–Crippen LogP) is 6.01. The molecule has 156 valence electrons. The van der Waals surface area contributed by atoms with Crippen LogP contribution in [0.2, 0.25) is 0 Å². The van der Waals surface area contributed by atoms with Crippen molar-refractivity contribution in [3.05, 3.63) is 81.5 Å². The number of nitrogens with one attached hydrogen (secondary N) is 2. The van der Waals surface area contributed by atoms with Crippen LogP contribution in [0.15, 0.2) is 57.6 Å². The summed E-state index contributed by atoms with van der Waals surface area (Å²) in [4.78, 5) is 24.5. The monoisotopic (exact) mass is 484 g/mol. The van der Waals surface area contributed by atoms with Crippen LogP contribution in [0.4, 0.5) is 28.9 Å². The number of aryl methyl sites for hydroxylation is 1. The fourth-order valence-corrected chi connectivity index (χ4v) is 3.12. The lowest BCUT2D eigenvalue weighted by atomic mass is 10.1. The summed E-state index contributed by atoms with van der Waals surface area (Å²) >= 11 is 3.05. The van der Waals surface area contributed by atoms with Gasteiger partial charge in [0.2, 0.25) is 0 Å². The number of furan rings is 1. The average molecular weight is 485 g/mol. The van der Waals surface area contributed by atoms with Gasteiger partial charge in [-0.05, 0) is 71.4 Å². The van der Waals surface area contributed by atoms with Crippen molar-refractivity contribution in [1.29, 1.82) is 0 Å². The van der Waals surface area contributed by atoms with Crippen LogP contribution in [-0.4, -0.2) is 11.8 Å². The highest BCUT2D eigenvalue weighted by Gasteiger charge is 2.35. The van der Waals surface area contributed by atoms with E-state index in [0.717, 1.165) is 18.2 Å². The minimum Gasteiger partial charge on any atom is -0.444 e. The van der Waals surface area contributed by atoms with Crippen molar-refractivity contribution in [3.63, 3.8) is 0 Å². The van der Waals surface area contributed by atoms with Crippen LogP contribution in [0.3, 0.4) is 0 Å². The number of benzene rings is 2. The Morgan fingerprint density at radius 1 is 0.967 bits per heavy atom. The van der Waals surface area contributed by atoms with E-state index in [1.165, 1.54) is 24.3 Å². The fraction of sp³-hybridized carbons (Fsp3) is 0.100. The van der Waals surface area contributed by atoms with Crippen LogP contribution in [0.1, 0.15) is 32.0 Å². The lowest BCUT2D eigenvalue weighted by Crippen LogP contribution is -2.18. The second-order valence-corrected chi connectivity index (χ2v) is 7.02. The van der Waals surface area contributed by atoms with E-state index in [0.29, 0.717) is 11.6 Å². The third kappa shape index (κ3) is 4.88. The molecule has 0 aliphatic carbocycles. The molecule has 0 aliphatic rings. The molecule has 5 nitrogen and oxygen atoms in total. The normalized spacial score (nSPS) is 11.3. The van der Waals surface area contributed by atoms with E-state index in [4.69, 9.17) is 4.42 Å². The molecule has 0 unspecified atom stereocenters. The van der Waals surface area contributed by atoms with Gasteiger partial charge in [0.25, 0.3) is 11.8 Å². The van der Waals surface area contributed by atoms with Gasteiger partial charge in [-0.25, -0.2) is 4.39 Å². The molecular formula is C20H13BrF4N2O3. The van der Waals surface area contributed by atoms with E-state index >= 15 is 0 Å². The highest BCUT2D eigenvalue weighted by atomic mass is 79.9. The Hall–Kier alpha value is -3.14. The molecule has 2 amide bonds. The molecule has 2 N–H and O–H groups in total. The zero-order valence-corrected chi connectivity index (χ0v) is 16.8. The molecule has 0 saturated heterocycles. The molecule has 0 atom stereocenters. The second-order valence-electron chi connectivity index (χ2n) is 6.24. The lowest BCUT2D eigenvalue weighted by Gasteiger charge is -2.15. The molecular weight excluding hydrogens is 472 g/mol. The van der Waals surface area contributed by atoms with Crippen LogP contribution in [0.5, 0.6) is 0 Å². The maximum atomic E-state index is 13.5. The third-order valence-electron chi connectivity index (χ3n) is 4.03. The first-order valence-electron chi connectivity index (χ1n) is 8.40. The van der Waals surface area contributed by atoms with Gasteiger partial charge in [-0.3, -0.25) is 9.59 Å². The number of amides is 2. The topological polar surface area (TPSA) is 71.3 Å². The summed E-state index contributed by atoms with van der Waals surface area (Å²) in [5.74, 6) is -2.25. The summed E-state index contributed by atoms with van der Waals surface area (Å²) in [5.41, 5.74) is -1.29. The number of hydrogen-bond donors (Lipinski definition) is 2. The minimum absolute atomic E-state index is 0.0706. The summed E-state index contributed by atoms with van der Waals surface area (Å²) < 4.78 is 59.0. The fourth-order valence-electron chi connectivity index (χ4n) is 2.62.